The summed E-state index contributed by atoms with van der Waals surface area (Å²) in [5.41, 5.74) is 3.49. The van der Waals surface area contributed by atoms with Crippen LogP contribution in [-0.2, 0) is 10.9 Å². The Morgan fingerprint density at radius 2 is 1.78 bits per heavy atom. The molecule has 0 radical (unpaired) electrons. The van der Waals surface area contributed by atoms with Crippen LogP contribution in [0.1, 0.15) is 5.56 Å². The van der Waals surface area contributed by atoms with E-state index in [0.29, 0.717) is 28.0 Å². The number of alkyl halides is 3. The predicted molar refractivity (Wildman–Crippen MR) is 149 cm³/mol. The maximum atomic E-state index is 13.6. The van der Waals surface area contributed by atoms with Gasteiger partial charge in [-0.15, -0.1) is 10.2 Å². The van der Waals surface area contributed by atoms with Crippen LogP contribution < -0.4 is 5.32 Å². The molecule has 7 rings (SSSR count). The van der Waals surface area contributed by atoms with Crippen molar-refractivity contribution in [1.82, 2.24) is 34.0 Å². The molecule has 1 saturated heterocycles. The van der Waals surface area contributed by atoms with Crippen molar-refractivity contribution >= 4 is 33.5 Å². The van der Waals surface area contributed by atoms with E-state index in [1.165, 1.54) is 12.4 Å². The van der Waals surface area contributed by atoms with Gasteiger partial charge in [-0.1, -0.05) is 12.1 Å². The summed E-state index contributed by atoms with van der Waals surface area (Å²) >= 11 is 0. The number of benzene rings is 2. The second-order valence-electron chi connectivity index (χ2n) is 9.92. The Kier molecular flexibility index (Phi) is 6.28. The summed E-state index contributed by atoms with van der Waals surface area (Å²) in [4.78, 5) is 11.6. The minimum Gasteiger partial charge on any atom is -0.379 e. The molecule has 1 N–H and O–H groups in total. The van der Waals surface area contributed by atoms with Crippen molar-refractivity contribution in [2.75, 3.05) is 44.7 Å². The van der Waals surface area contributed by atoms with Crippen molar-refractivity contribution in [1.29, 1.82) is 0 Å². The van der Waals surface area contributed by atoms with Crippen LogP contribution in [0.25, 0.3) is 44.5 Å². The number of ether oxygens (including phenoxy) is 1. The van der Waals surface area contributed by atoms with Crippen LogP contribution in [0.15, 0.2) is 73.3 Å². The second kappa shape index (κ2) is 10.1. The lowest BCUT2D eigenvalue weighted by Crippen LogP contribution is -2.39. The molecule has 0 aliphatic carbocycles. The number of imidazole rings is 1. The van der Waals surface area contributed by atoms with Gasteiger partial charge in [0, 0.05) is 49.0 Å². The number of fused-ring (bicyclic) bond motifs is 5. The first-order valence-electron chi connectivity index (χ1n) is 13.3. The van der Waals surface area contributed by atoms with Gasteiger partial charge < -0.3 is 10.1 Å². The van der Waals surface area contributed by atoms with Crippen LogP contribution in [0.3, 0.4) is 0 Å². The number of nitrogens with zero attached hydrogens (tertiary/aromatic N) is 7. The summed E-state index contributed by atoms with van der Waals surface area (Å²) in [6.45, 7) is 5.14. The van der Waals surface area contributed by atoms with Gasteiger partial charge in [-0.25, -0.2) is 4.98 Å². The fourth-order valence-electron chi connectivity index (χ4n) is 5.31. The van der Waals surface area contributed by atoms with Crippen molar-refractivity contribution in [3.05, 3.63) is 78.9 Å². The lowest BCUT2D eigenvalue weighted by Gasteiger charge is -2.26. The summed E-state index contributed by atoms with van der Waals surface area (Å²) in [5, 5.41) is 12.4. The third-order valence-electron chi connectivity index (χ3n) is 7.40. The highest BCUT2D eigenvalue weighted by Gasteiger charge is 2.31. The lowest BCUT2D eigenvalue weighted by atomic mass is 10.0. The second-order valence-corrected chi connectivity index (χ2v) is 9.92. The Morgan fingerprint density at radius 3 is 2.59 bits per heavy atom. The van der Waals surface area contributed by atoms with E-state index in [-0.39, 0.29) is 0 Å². The number of rotatable bonds is 6. The van der Waals surface area contributed by atoms with Gasteiger partial charge in [0.1, 0.15) is 12.1 Å². The van der Waals surface area contributed by atoms with Crippen LogP contribution in [0.2, 0.25) is 0 Å². The largest absolute Gasteiger partial charge is 0.416 e. The third kappa shape index (κ3) is 4.74. The number of morpholine rings is 1. The monoisotopic (exact) mass is 558 g/mol. The van der Waals surface area contributed by atoms with E-state index in [2.05, 4.69) is 30.4 Å². The Morgan fingerprint density at radius 1 is 0.927 bits per heavy atom. The van der Waals surface area contributed by atoms with Gasteiger partial charge in [-0.05, 0) is 48.0 Å². The Hall–Kier alpha value is -4.55. The molecule has 1 aliphatic heterocycles. The summed E-state index contributed by atoms with van der Waals surface area (Å²) in [6.07, 6.45) is 0.565. The molecule has 6 aromatic rings. The van der Waals surface area contributed by atoms with Gasteiger partial charge in [0.05, 0.1) is 41.5 Å². The Bertz CT molecular complexity index is 1860. The van der Waals surface area contributed by atoms with E-state index in [1.807, 2.05) is 36.5 Å². The molecule has 0 bridgehead atoms. The number of anilines is 1. The molecule has 4 aromatic heterocycles. The number of halogens is 3. The number of pyridine rings is 2. The molecule has 1 fully saturated rings. The molecule has 5 heterocycles. The highest BCUT2D eigenvalue weighted by atomic mass is 19.4. The van der Waals surface area contributed by atoms with Gasteiger partial charge >= 0.3 is 6.18 Å². The van der Waals surface area contributed by atoms with Crippen molar-refractivity contribution in [2.45, 2.75) is 6.18 Å². The number of hydrogen-bond acceptors (Lipinski definition) is 7. The van der Waals surface area contributed by atoms with Crippen LogP contribution in [0.5, 0.6) is 0 Å². The molecule has 0 spiro atoms. The van der Waals surface area contributed by atoms with Gasteiger partial charge in [-0.2, -0.15) is 13.2 Å². The average Bonchev–Trinajstić information content (AvgIpc) is 3.59. The zero-order valence-corrected chi connectivity index (χ0v) is 21.8. The number of aromatic nitrogens is 6. The van der Waals surface area contributed by atoms with E-state index in [9.17, 15) is 13.2 Å². The van der Waals surface area contributed by atoms with Gasteiger partial charge in [0.2, 0.25) is 5.78 Å². The van der Waals surface area contributed by atoms with Crippen molar-refractivity contribution in [3.63, 3.8) is 0 Å². The molecule has 0 unspecified atom stereocenters. The van der Waals surface area contributed by atoms with Gasteiger partial charge in [0.25, 0.3) is 0 Å². The molecule has 9 nitrogen and oxygen atoms in total. The molecule has 0 atom stereocenters. The maximum absolute atomic E-state index is 13.6. The molecule has 208 valence electrons. The fraction of sp³-hybridized carbons (Fsp3) is 0.241. The van der Waals surface area contributed by atoms with E-state index in [1.54, 1.807) is 21.2 Å². The highest BCUT2D eigenvalue weighted by molar-refractivity contribution is 6.06. The molecule has 41 heavy (non-hydrogen) atoms. The van der Waals surface area contributed by atoms with Gasteiger partial charge in [-0.3, -0.25) is 18.9 Å². The molecule has 1 aliphatic rings. The molecular formula is C29H25F3N8O. The smallest absolute Gasteiger partial charge is 0.379 e. The predicted octanol–water partition coefficient (Wildman–Crippen LogP) is 5.05. The molecule has 12 heteroatoms. The highest BCUT2D eigenvalue weighted by Crippen LogP contribution is 2.35. The van der Waals surface area contributed by atoms with Gasteiger partial charge in [0.15, 0.2) is 0 Å². The summed E-state index contributed by atoms with van der Waals surface area (Å²) in [5.74, 6) is 1.19. The van der Waals surface area contributed by atoms with E-state index in [0.717, 1.165) is 73.9 Å². The summed E-state index contributed by atoms with van der Waals surface area (Å²) in [6, 6.07) is 15.0. The number of hydrogen-bond donors (Lipinski definition) is 1. The van der Waals surface area contributed by atoms with Crippen LogP contribution >= 0.6 is 0 Å². The van der Waals surface area contributed by atoms with E-state index in [4.69, 9.17) is 4.74 Å². The first-order valence-corrected chi connectivity index (χ1v) is 13.3. The fourth-order valence-corrected chi connectivity index (χ4v) is 5.31. The Balaban J connectivity index is 1.26. The van der Waals surface area contributed by atoms with E-state index < -0.39 is 11.7 Å². The quantitative estimate of drug-likeness (QED) is 0.306. The third-order valence-corrected chi connectivity index (χ3v) is 7.40. The maximum Gasteiger partial charge on any atom is 0.416 e. The van der Waals surface area contributed by atoms with E-state index >= 15 is 0 Å². The molecule has 2 aromatic carbocycles. The van der Waals surface area contributed by atoms with Crippen LogP contribution in [-0.4, -0.2) is 73.4 Å². The van der Waals surface area contributed by atoms with Crippen molar-refractivity contribution < 1.29 is 17.9 Å². The lowest BCUT2D eigenvalue weighted by molar-refractivity contribution is -0.137. The first-order chi connectivity index (χ1) is 20.0. The zero-order valence-electron chi connectivity index (χ0n) is 21.8. The molecular weight excluding hydrogens is 533 g/mol. The van der Waals surface area contributed by atoms with Crippen LogP contribution in [0.4, 0.5) is 19.0 Å². The topological polar surface area (TPSA) is 85.4 Å². The zero-order chi connectivity index (χ0) is 28.0. The molecule has 0 saturated carbocycles. The molecule has 0 amide bonds. The van der Waals surface area contributed by atoms with Crippen molar-refractivity contribution in [2.24, 2.45) is 0 Å². The van der Waals surface area contributed by atoms with Crippen molar-refractivity contribution in [3.8, 4) is 16.8 Å². The summed E-state index contributed by atoms with van der Waals surface area (Å²) < 4.78 is 49.6. The first kappa shape index (κ1) is 25.4. The number of nitrogens with one attached hydrogen (secondary N) is 1. The standard InChI is InChI=1S/C29H25F3N8O/c30-29(31,32)21-2-1-3-22(15-21)40-27-23-14-19(4-6-24(23)34-17-25(27)39-18-36-37-28(39)40)20-5-7-26(35-16-20)33-8-9-38-10-12-41-13-11-38/h1-7,14-18H,8-13H2,(H,33,35). The normalized spacial score (nSPS) is 14.8. The minimum absolute atomic E-state index is 0.333. The minimum atomic E-state index is -4.48. The summed E-state index contributed by atoms with van der Waals surface area (Å²) in [7, 11) is 0. The van der Waals surface area contributed by atoms with Crippen LogP contribution in [0, 0.1) is 0 Å². The SMILES string of the molecule is FC(F)(F)c1cccc(-n2c3c4cc(-c5ccc(NCCN6CCOCC6)nc5)ccc4ncc3n3cnnc23)c1. The average molecular weight is 559 g/mol. The Labute approximate surface area is 232 Å².